The van der Waals surface area contributed by atoms with E-state index in [1.807, 2.05) is 37.3 Å². The SMILES string of the molecule is CCc1ccccc1NC(=O)c1ccc2c(c1)CCCN2S(=O)(=O)CC. The van der Waals surface area contributed by atoms with Crippen LogP contribution in [0.2, 0.25) is 0 Å². The van der Waals surface area contributed by atoms with Gasteiger partial charge in [0.05, 0.1) is 11.4 Å². The molecular formula is C20H24N2O3S. The lowest BCUT2D eigenvalue weighted by Gasteiger charge is -2.30. The Hall–Kier alpha value is -2.34. The van der Waals surface area contributed by atoms with Crippen LogP contribution in [0.15, 0.2) is 42.5 Å². The summed E-state index contributed by atoms with van der Waals surface area (Å²) in [6.45, 7) is 4.20. The molecule has 26 heavy (non-hydrogen) atoms. The molecule has 1 heterocycles. The first-order valence-electron chi connectivity index (χ1n) is 8.99. The molecule has 0 spiro atoms. The van der Waals surface area contributed by atoms with Gasteiger partial charge >= 0.3 is 0 Å². The monoisotopic (exact) mass is 372 g/mol. The third kappa shape index (κ3) is 3.60. The lowest BCUT2D eigenvalue weighted by atomic mass is 10.0. The highest BCUT2D eigenvalue weighted by Gasteiger charge is 2.26. The highest BCUT2D eigenvalue weighted by atomic mass is 32.2. The van der Waals surface area contributed by atoms with Crippen LogP contribution in [0.3, 0.4) is 0 Å². The van der Waals surface area contributed by atoms with Gasteiger partial charge in [-0.3, -0.25) is 9.10 Å². The van der Waals surface area contributed by atoms with Crippen molar-refractivity contribution in [3.05, 3.63) is 59.2 Å². The van der Waals surface area contributed by atoms with Crippen LogP contribution in [0.25, 0.3) is 0 Å². The fraction of sp³-hybridized carbons (Fsp3) is 0.350. The van der Waals surface area contributed by atoms with Gasteiger partial charge in [-0.15, -0.1) is 0 Å². The van der Waals surface area contributed by atoms with E-state index in [1.165, 1.54) is 4.31 Å². The molecule has 0 atom stereocenters. The molecular weight excluding hydrogens is 348 g/mol. The minimum atomic E-state index is -3.29. The second-order valence-corrected chi connectivity index (χ2v) is 8.57. The molecule has 1 aliphatic rings. The van der Waals surface area contributed by atoms with E-state index < -0.39 is 10.0 Å². The maximum absolute atomic E-state index is 12.7. The number of anilines is 2. The molecule has 3 rings (SSSR count). The average molecular weight is 372 g/mol. The van der Waals surface area contributed by atoms with Gasteiger partial charge in [-0.25, -0.2) is 8.42 Å². The topological polar surface area (TPSA) is 66.5 Å². The van der Waals surface area contributed by atoms with Gasteiger partial charge in [-0.05, 0) is 61.6 Å². The number of aryl methyl sites for hydroxylation is 2. The third-order valence-electron chi connectivity index (χ3n) is 4.76. The molecule has 0 saturated carbocycles. The number of carbonyl (C=O) groups is 1. The number of benzene rings is 2. The van der Waals surface area contributed by atoms with E-state index in [0.29, 0.717) is 17.8 Å². The largest absolute Gasteiger partial charge is 0.322 e. The number of nitrogens with one attached hydrogen (secondary N) is 1. The molecule has 1 aliphatic heterocycles. The quantitative estimate of drug-likeness (QED) is 0.872. The van der Waals surface area contributed by atoms with Crippen LogP contribution in [0, 0.1) is 0 Å². The molecule has 138 valence electrons. The number of sulfonamides is 1. The summed E-state index contributed by atoms with van der Waals surface area (Å²) in [5, 5.41) is 2.97. The average Bonchev–Trinajstić information content (AvgIpc) is 2.67. The molecule has 2 aromatic rings. The lowest BCUT2D eigenvalue weighted by Crippen LogP contribution is -2.36. The zero-order valence-electron chi connectivity index (χ0n) is 15.2. The van der Waals surface area contributed by atoms with Gasteiger partial charge in [0.2, 0.25) is 10.0 Å². The van der Waals surface area contributed by atoms with Crippen LogP contribution >= 0.6 is 0 Å². The zero-order chi connectivity index (χ0) is 18.7. The highest BCUT2D eigenvalue weighted by Crippen LogP contribution is 2.30. The first-order chi connectivity index (χ1) is 12.5. The normalized spacial score (nSPS) is 14.0. The number of para-hydroxylation sites is 1. The van der Waals surface area contributed by atoms with Crippen molar-refractivity contribution in [2.24, 2.45) is 0 Å². The second kappa shape index (κ2) is 7.50. The second-order valence-electron chi connectivity index (χ2n) is 6.38. The molecule has 5 nitrogen and oxygen atoms in total. The molecule has 0 unspecified atom stereocenters. The Morgan fingerprint density at radius 2 is 1.92 bits per heavy atom. The molecule has 6 heteroatoms. The van der Waals surface area contributed by atoms with Crippen molar-refractivity contribution >= 4 is 27.3 Å². The van der Waals surface area contributed by atoms with Gasteiger partial charge in [0.1, 0.15) is 0 Å². The summed E-state index contributed by atoms with van der Waals surface area (Å²) in [5.74, 6) is -0.105. The van der Waals surface area contributed by atoms with Crippen LogP contribution in [-0.2, 0) is 22.9 Å². The maximum atomic E-state index is 12.7. The van der Waals surface area contributed by atoms with Crippen molar-refractivity contribution in [3.8, 4) is 0 Å². The van der Waals surface area contributed by atoms with E-state index in [2.05, 4.69) is 5.32 Å². The van der Waals surface area contributed by atoms with Gasteiger partial charge in [0.15, 0.2) is 0 Å². The Labute approximate surface area is 155 Å². The number of nitrogens with zero attached hydrogens (tertiary/aromatic N) is 1. The zero-order valence-corrected chi connectivity index (χ0v) is 16.0. The van der Waals surface area contributed by atoms with Gasteiger partial charge in [-0.2, -0.15) is 0 Å². The number of hydrogen-bond acceptors (Lipinski definition) is 3. The summed E-state index contributed by atoms with van der Waals surface area (Å²) in [4.78, 5) is 12.7. The molecule has 1 amide bonds. The van der Waals surface area contributed by atoms with Crippen LogP contribution in [0.4, 0.5) is 11.4 Å². The molecule has 0 bridgehead atoms. The minimum Gasteiger partial charge on any atom is -0.322 e. The summed E-state index contributed by atoms with van der Waals surface area (Å²) >= 11 is 0. The predicted octanol–water partition coefficient (Wildman–Crippen LogP) is 3.60. The number of rotatable bonds is 5. The minimum absolute atomic E-state index is 0.0719. The molecule has 0 saturated heterocycles. The Morgan fingerprint density at radius 1 is 1.15 bits per heavy atom. The van der Waals surface area contributed by atoms with Crippen molar-refractivity contribution in [1.82, 2.24) is 0 Å². The van der Waals surface area contributed by atoms with Crippen molar-refractivity contribution in [2.45, 2.75) is 33.1 Å². The van der Waals surface area contributed by atoms with Gasteiger partial charge < -0.3 is 5.32 Å². The number of amides is 1. The Bertz CT molecular complexity index is 922. The van der Waals surface area contributed by atoms with Gasteiger partial charge in [0, 0.05) is 17.8 Å². The van der Waals surface area contributed by atoms with Crippen LogP contribution in [0.1, 0.15) is 41.8 Å². The van der Waals surface area contributed by atoms with E-state index in [4.69, 9.17) is 0 Å². The standard InChI is InChI=1S/C20H24N2O3S/c1-3-15-8-5-6-10-18(15)21-20(23)17-11-12-19-16(14-17)9-7-13-22(19)26(24,25)4-2/h5-6,8,10-12,14H,3-4,7,9,13H2,1-2H3,(H,21,23). The Balaban J connectivity index is 1.88. The third-order valence-corrected chi connectivity index (χ3v) is 6.55. The molecule has 0 radical (unpaired) electrons. The lowest BCUT2D eigenvalue weighted by molar-refractivity contribution is 0.102. The highest BCUT2D eigenvalue weighted by molar-refractivity contribution is 7.92. The first kappa shape index (κ1) is 18.5. The van der Waals surface area contributed by atoms with E-state index in [9.17, 15) is 13.2 Å². The number of hydrogen-bond donors (Lipinski definition) is 1. The number of fused-ring (bicyclic) bond motifs is 1. The van der Waals surface area contributed by atoms with Crippen molar-refractivity contribution < 1.29 is 13.2 Å². The van der Waals surface area contributed by atoms with Crippen LogP contribution < -0.4 is 9.62 Å². The summed E-state index contributed by atoms with van der Waals surface area (Å²) in [6, 6.07) is 13.0. The summed E-state index contributed by atoms with van der Waals surface area (Å²) in [6.07, 6.45) is 2.37. The predicted molar refractivity (Wildman–Crippen MR) is 105 cm³/mol. The molecule has 0 aromatic heterocycles. The Kier molecular flexibility index (Phi) is 5.32. The van der Waals surface area contributed by atoms with Crippen molar-refractivity contribution in [3.63, 3.8) is 0 Å². The fourth-order valence-corrected chi connectivity index (χ4v) is 4.49. The van der Waals surface area contributed by atoms with E-state index >= 15 is 0 Å². The van der Waals surface area contributed by atoms with E-state index in [-0.39, 0.29) is 11.7 Å². The van der Waals surface area contributed by atoms with Crippen LogP contribution in [0.5, 0.6) is 0 Å². The van der Waals surface area contributed by atoms with Crippen LogP contribution in [-0.4, -0.2) is 26.6 Å². The number of carbonyl (C=O) groups excluding carboxylic acids is 1. The summed E-state index contributed by atoms with van der Waals surface area (Å²) in [5.41, 5.74) is 4.05. The van der Waals surface area contributed by atoms with Crippen molar-refractivity contribution in [1.29, 1.82) is 0 Å². The van der Waals surface area contributed by atoms with E-state index in [0.717, 1.165) is 36.1 Å². The first-order valence-corrected chi connectivity index (χ1v) is 10.6. The smallest absolute Gasteiger partial charge is 0.255 e. The van der Waals surface area contributed by atoms with E-state index in [1.54, 1.807) is 19.1 Å². The molecule has 0 aliphatic carbocycles. The van der Waals surface area contributed by atoms with Gasteiger partial charge in [-0.1, -0.05) is 25.1 Å². The summed E-state index contributed by atoms with van der Waals surface area (Å²) < 4.78 is 26.1. The molecule has 0 fully saturated rings. The molecule has 2 aromatic carbocycles. The van der Waals surface area contributed by atoms with Crippen molar-refractivity contribution in [2.75, 3.05) is 21.9 Å². The van der Waals surface area contributed by atoms with Gasteiger partial charge in [0.25, 0.3) is 5.91 Å². The molecule has 1 N–H and O–H groups in total. The summed E-state index contributed by atoms with van der Waals surface area (Å²) in [7, 11) is -3.29. The fourth-order valence-electron chi connectivity index (χ4n) is 3.29. The maximum Gasteiger partial charge on any atom is 0.255 e. The Morgan fingerprint density at radius 3 is 2.65 bits per heavy atom.